The molecule has 1 aromatic carbocycles. The summed E-state index contributed by atoms with van der Waals surface area (Å²) >= 11 is 2.10. The molecule has 2 aromatic rings. The molecule has 0 saturated carbocycles. The molecule has 0 bridgehead atoms. The van der Waals surface area contributed by atoms with Gasteiger partial charge in [0.15, 0.2) is 0 Å². The van der Waals surface area contributed by atoms with Gasteiger partial charge in [0.05, 0.1) is 0 Å². The summed E-state index contributed by atoms with van der Waals surface area (Å²) in [6.45, 7) is 2.14. The van der Waals surface area contributed by atoms with Gasteiger partial charge in [-0.05, 0) is 53.8 Å². The predicted molar refractivity (Wildman–Crippen MR) is 80.1 cm³/mol. The summed E-state index contributed by atoms with van der Waals surface area (Å²) in [5.41, 5.74) is 2.66. The Hall–Kier alpha value is -0.930. The number of para-hydroxylation sites is 1. The third kappa shape index (κ3) is 2.73. The molecule has 0 radical (unpaired) electrons. The zero-order valence-electron chi connectivity index (χ0n) is 10.6. The number of aromatic nitrogens is 1. The van der Waals surface area contributed by atoms with E-state index in [2.05, 4.69) is 46.3 Å². The molecule has 1 aromatic heterocycles. The van der Waals surface area contributed by atoms with Gasteiger partial charge in [-0.1, -0.05) is 18.2 Å². The fourth-order valence-electron chi connectivity index (χ4n) is 2.66. The van der Waals surface area contributed by atoms with Crippen LogP contribution in [0.15, 0.2) is 30.5 Å². The average molecular weight is 260 g/mol. The van der Waals surface area contributed by atoms with E-state index in [1.807, 2.05) is 6.20 Å². The smallest absolute Gasteiger partial charge is 0.0499 e. The van der Waals surface area contributed by atoms with Gasteiger partial charge < -0.3 is 10.3 Å². The maximum Gasteiger partial charge on any atom is 0.0499 e. The molecule has 0 aliphatic carbocycles. The van der Waals surface area contributed by atoms with Crippen molar-refractivity contribution in [1.82, 2.24) is 10.3 Å². The SMILES string of the molecule is c1cc(CNCC2CCSCC2)c2[nH]ccc2c1. The fourth-order valence-corrected chi connectivity index (χ4v) is 3.86. The zero-order chi connectivity index (χ0) is 12.2. The molecular weight excluding hydrogens is 240 g/mol. The molecule has 2 nitrogen and oxygen atoms in total. The number of H-pyrrole nitrogens is 1. The molecule has 0 spiro atoms. The minimum absolute atomic E-state index is 0.883. The molecule has 1 aliphatic rings. The topological polar surface area (TPSA) is 27.8 Å². The van der Waals surface area contributed by atoms with Crippen molar-refractivity contribution in [3.63, 3.8) is 0 Å². The van der Waals surface area contributed by atoms with Crippen LogP contribution in [-0.4, -0.2) is 23.0 Å². The zero-order valence-corrected chi connectivity index (χ0v) is 11.4. The largest absolute Gasteiger partial charge is 0.361 e. The second-order valence-electron chi connectivity index (χ2n) is 5.05. The second kappa shape index (κ2) is 5.81. The summed E-state index contributed by atoms with van der Waals surface area (Å²) in [6.07, 6.45) is 4.78. The quantitative estimate of drug-likeness (QED) is 0.882. The summed E-state index contributed by atoms with van der Waals surface area (Å²) in [7, 11) is 0. The summed E-state index contributed by atoms with van der Waals surface area (Å²) < 4.78 is 0. The van der Waals surface area contributed by atoms with Gasteiger partial charge in [0.1, 0.15) is 0 Å². The lowest BCUT2D eigenvalue weighted by Gasteiger charge is -2.21. The Morgan fingerprint density at radius 1 is 1.22 bits per heavy atom. The van der Waals surface area contributed by atoms with Crippen molar-refractivity contribution in [2.45, 2.75) is 19.4 Å². The third-order valence-electron chi connectivity index (χ3n) is 3.76. The van der Waals surface area contributed by atoms with Crippen molar-refractivity contribution in [3.8, 4) is 0 Å². The van der Waals surface area contributed by atoms with Crippen LogP contribution in [-0.2, 0) is 6.54 Å². The van der Waals surface area contributed by atoms with Crippen LogP contribution in [0.5, 0.6) is 0 Å². The Kier molecular flexibility index (Phi) is 3.91. The Balaban J connectivity index is 1.57. The molecule has 96 valence electrons. The lowest BCUT2D eigenvalue weighted by Crippen LogP contribution is -2.25. The first-order valence-electron chi connectivity index (χ1n) is 6.77. The lowest BCUT2D eigenvalue weighted by molar-refractivity contribution is 0.448. The number of hydrogen-bond donors (Lipinski definition) is 2. The fraction of sp³-hybridized carbons (Fsp3) is 0.467. The number of benzene rings is 1. The number of rotatable bonds is 4. The van der Waals surface area contributed by atoms with Crippen molar-refractivity contribution in [1.29, 1.82) is 0 Å². The van der Waals surface area contributed by atoms with Crippen molar-refractivity contribution >= 4 is 22.7 Å². The van der Waals surface area contributed by atoms with Crippen LogP contribution in [0.4, 0.5) is 0 Å². The van der Waals surface area contributed by atoms with Gasteiger partial charge in [-0.25, -0.2) is 0 Å². The van der Waals surface area contributed by atoms with E-state index in [0.717, 1.165) is 19.0 Å². The maximum absolute atomic E-state index is 3.62. The summed E-state index contributed by atoms with van der Waals surface area (Å²) in [5, 5.41) is 4.93. The highest BCUT2D eigenvalue weighted by Gasteiger charge is 2.13. The minimum Gasteiger partial charge on any atom is -0.361 e. The van der Waals surface area contributed by atoms with Crippen LogP contribution < -0.4 is 5.32 Å². The second-order valence-corrected chi connectivity index (χ2v) is 6.27. The Bertz CT molecular complexity index is 500. The van der Waals surface area contributed by atoms with Crippen molar-refractivity contribution in [3.05, 3.63) is 36.0 Å². The molecule has 3 rings (SSSR count). The first kappa shape index (κ1) is 12.1. The van der Waals surface area contributed by atoms with Crippen LogP contribution >= 0.6 is 11.8 Å². The monoisotopic (exact) mass is 260 g/mol. The van der Waals surface area contributed by atoms with Crippen molar-refractivity contribution in [2.75, 3.05) is 18.1 Å². The van der Waals surface area contributed by atoms with Crippen LogP contribution in [0.25, 0.3) is 10.9 Å². The van der Waals surface area contributed by atoms with Crippen LogP contribution in [0.1, 0.15) is 18.4 Å². The van der Waals surface area contributed by atoms with Gasteiger partial charge in [0.25, 0.3) is 0 Å². The Morgan fingerprint density at radius 3 is 3.00 bits per heavy atom. The average Bonchev–Trinajstić information content (AvgIpc) is 2.89. The normalized spacial score (nSPS) is 17.3. The van der Waals surface area contributed by atoms with Gasteiger partial charge in [-0.15, -0.1) is 0 Å². The molecule has 1 aliphatic heterocycles. The first-order chi connectivity index (χ1) is 8.93. The highest BCUT2D eigenvalue weighted by Crippen LogP contribution is 2.22. The number of nitrogens with one attached hydrogen (secondary N) is 2. The van der Waals surface area contributed by atoms with E-state index in [9.17, 15) is 0 Å². The summed E-state index contributed by atoms with van der Waals surface area (Å²) in [6, 6.07) is 8.65. The molecule has 1 saturated heterocycles. The van der Waals surface area contributed by atoms with E-state index in [-0.39, 0.29) is 0 Å². The van der Waals surface area contributed by atoms with E-state index < -0.39 is 0 Å². The number of aromatic amines is 1. The van der Waals surface area contributed by atoms with Gasteiger partial charge >= 0.3 is 0 Å². The molecule has 2 N–H and O–H groups in total. The minimum atomic E-state index is 0.883. The van der Waals surface area contributed by atoms with E-state index in [0.29, 0.717) is 0 Å². The lowest BCUT2D eigenvalue weighted by atomic mass is 10.0. The molecule has 0 unspecified atom stereocenters. The molecule has 3 heteroatoms. The summed E-state index contributed by atoms with van der Waals surface area (Å²) in [4.78, 5) is 3.33. The molecule has 2 heterocycles. The summed E-state index contributed by atoms with van der Waals surface area (Å²) in [5.74, 6) is 3.58. The number of hydrogen-bond acceptors (Lipinski definition) is 2. The number of fused-ring (bicyclic) bond motifs is 1. The van der Waals surface area contributed by atoms with Crippen molar-refractivity contribution in [2.24, 2.45) is 5.92 Å². The molecular formula is C15H20N2S. The Morgan fingerprint density at radius 2 is 2.11 bits per heavy atom. The highest BCUT2D eigenvalue weighted by atomic mass is 32.2. The van der Waals surface area contributed by atoms with Gasteiger partial charge in [0, 0.05) is 18.3 Å². The predicted octanol–water partition coefficient (Wildman–Crippen LogP) is 3.40. The molecule has 18 heavy (non-hydrogen) atoms. The maximum atomic E-state index is 3.62. The van der Waals surface area contributed by atoms with Gasteiger partial charge in [-0.3, -0.25) is 0 Å². The first-order valence-corrected chi connectivity index (χ1v) is 7.92. The van der Waals surface area contributed by atoms with Crippen molar-refractivity contribution < 1.29 is 0 Å². The van der Waals surface area contributed by atoms with Gasteiger partial charge in [0.2, 0.25) is 0 Å². The van der Waals surface area contributed by atoms with Crippen LogP contribution in [0, 0.1) is 5.92 Å². The Labute approximate surface area is 113 Å². The van der Waals surface area contributed by atoms with E-state index >= 15 is 0 Å². The van der Waals surface area contributed by atoms with Gasteiger partial charge in [-0.2, -0.15) is 11.8 Å². The molecule has 0 atom stereocenters. The third-order valence-corrected chi connectivity index (χ3v) is 4.81. The van der Waals surface area contributed by atoms with E-state index in [4.69, 9.17) is 0 Å². The standard InChI is InChI=1S/C15H20N2S/c1-2-13-4-7-17-15(13)14(3-1)11-16-10-12-5-8-18-9-6-12/h1-4,7,12,16-17H,5-6,8-11H2. The van der Waals surface area contributed by atoms with Crippen LogP contribution in [0.3, 0.4) is 0 Å². The van der Waals surface area contributed by atoms with E-state index in [1.54, 1.807) is 0 Å². The highest BCUT2D eigenvalue weighted by molar-refractivity contribution is 7.99. The number of thioether (sulfide) groups is 1. The van der Waals surface area contributed by atoms with E-state index in [1.165, 1.54) is 40.8 Å². The molecule has 0 amide bonds. The van der Waals surface area contributed by atoms with Crippen LogP contribution in [0.2, 0.25) is 0 Å². The molecule has 1 fully saturated rings.